The highest BCUT2D eigenvalue weighted by molar-refractivity contribution is 5.83. The van der Waals surface area contributed by atoms with Crippen LogP contribution in [0.1, 0.15) is 45.4 Å². The number of hydrogen-bond acceptors (Lipinski definition) is 8. The number of tetrazole rings is 1. The fourth-order valence-corrected chi connectivity index (χ4v) is 2.91. The Bertz CT molecular complexity index is 1020. The topological polar surface area (TPSA) is 114 Å². The van der Waals surface area contributed by atoms with Gasteiger partial charge in [0.25, 0.3) is 0 Å². The van der Waals surface area contributed by atoms with E-state index in [-0.39, 0.29) is 28.6 Å². The van der Waals surface area contributed by atoms with Gasteiger partial charge in [0.2, 0.25) is 11.5 Å². The molecule has 0 aromatic carbocycles. The van der Waals surface area contributed by atoms with E-state index < -0.39 is 36.4 Å². The molecule has 0 spiro atoms. The van der Waals surface area contributed by atoms with Gasteiger partial charge in [0, 0.05) is 5.41 Å². The first-order chi connectivity index (χ1) is 13.4. The van der Waals surface area contributed by atoms with E-state index in [1.807, 2.05) is 20.8 Å². The van der Waals surface area contributed by atoms with E-state index in [9.17, 15) is 17.6 Å². The molecule has 10 nitrogen and oxygen atoms in total. The van der Waals surface area contributed by atoms with Gasteiger partial charge in [-0.3, -0.25) is 0 Å². The highest BCUT2D eigenvalue weighted by Crippen LogP contribution is 2.43. The lowest BCUT2D eigenvalue weighted by Gasteiger charge is -2.21. The Kier molecular flexibility index (Phi) is 4.03. The largest absolute Gasteiger partial charge is 0.342 e. The molecule has 0 saturated carbocycles. The average molecular weight is 414 g/mol. The minimum atomic E-state index is -4.18. The predicted octanol–water partition coefficient (Wildman–Crippen LogP) is 1.73. The standard InChI is InChI=1S/C15H18F4N10/c1-7(9-22-26-27-23-9)29-24-8-10(25-29)20-12(13(2,3)4)21-11(8)28-5-14(16,17)15(18,19)6-28/h7H,5-6H2,1-4H3,(H,22,23,26,27). The van der Waals surface area contributed by atoms with Gasteiger partial charge in [0.05, 0.1) is 13.1 Å². The molecule has 1 saturated heterocycles. The van der Waals surface area contributed by atoms with Crippen LogP contribution in [0.5, 0.6) is 0 Å². The molecular formula is C15H18F4N10. The highest BCUT2D eigenvalue weighted by Gasteiger charge is 2.63. The number of H-pyrrole nitrogens is 1. The van der Waals surface area contributed by atoms with Gasteiger partial charge in [-0.25, -0.2) is 9.97 Å². The summed E-state index contributed by atoms with van der Waals surface area (Å²) in [6.07, 6.45) is 0. The molecule has 29 heavy (non-hydrogen) atoms. The van der Waals surface area contributed by atoms with E-state index in [4.69, 9.17) is 0 Å². The second-order valence-corrected chi connectivity index (χ2v) is 8.02. The fourth-order valence-electron chi connectivity index (χ4n) is 2.91. The number of aromatic nitrogens is 9. The summed E-state index contributed by atoms with van der Waals surface area (Å²) in [6.45, 7) is 4.79. The Morgan fingerprint density at radius 2 is 1.69 bits per heavy atom. The van der Waals surface area contributed by atoms with Gasteiger partial charge in [0.15, 0.2) is 11.3 Å². The number of alkyl halides is 4. The first-order valence-electron chi connectivity index (χ1n) is 8.78. The van der Waals surface area contributed by atoms with Crippen LogP contribution in [0.2, 0.25) is 0 Å². The Labute approximate surface area is 161 Å². The van der Waals surface area contributed by atoms with Crippen molar-refractivity contribution in [1.29, 1.82) is 0 Å². The predicted molar refractivity (Wildman–Crippen MR) is 91.9 cm³/mol. The lowest BCUT2D eigenvalue weighted by atomic mass is 9.96. The Morgan fingerprint density at radius 1 is 1.03 bits per heavy atom. The molecule has 0 bridgehead atoms. The van der Waals surface area contributed by atoms with Gasteiger partial charge >= 0.3 is 11.8 Å². The maximum atomic E-state index is 13.8. The first kappa shape index (κ1) is 19.4. The van der Waals surface area contributed by atoms with Gasteiger partial charge in [0.1, 0.15) is 11.9 Å². The maximum absolute atomic E-state index is 13.8. The van der Waals surface area contributed by atoms with Crippen LogP contribution in [0, 0.1) is 0 Å². The SMILES string of the molecule is CC(c1nn[nH]n1)n1nc2nc(C(C)(C)C)nc(N3CC(F)(F)C(F)(F)C3)c2n1. The van der Waals surface area contributed by atoms with Crippen LogP contribution < -0.4 is 4.90 Å². The summed E-state index contributed by atoms with van der Waals surface area (Å²) < 4.78 is 55.2. The van der Waals surface area contributed by atoms with E-state index in [0.717, 1.165) is 4.90 Å². The third-order valence-corrected chi connectivity index (χ3v) is 4.61. The van der Waals surface area contributed by atoms with Crippen molar-refractivity contribution in [3.63, 3.8) is 0 Å². The van der Waals surface area contributed by atoms with Crippen LogP contribution in [0.3, 0.4) is 0 Å². The van der Waals surface area contributed by atoms with Crippen LogP contribution in [0.25, 0.3) is 11.2 Å². The van der Waals surface area contributed by atoms with Gasteiger partial charge in [-0.15, -0.1) is 20.4 Å². The number of aromatic amines is 1. The van der Waals surface area contributed by atoms with E-state index in [1.54, 1.807) is 6.92 Å². The number of rotatable bonds is 3. The van der Waals surface area contributed by atoms with Crippen molar-refractivity contribution in [1.82, 2.24) is 45.6 Å². The van der Waals surface area contributed by atoms with Crippen molar-refractivity contribution in [2.45, 2.75) is 51.0 Å². The number of halogens is 4. The second kappa shape index (κ2) is 6.03. The minimum absolute atomic E-state index is 0.0434. The molecule has 156 valence electrons. The van der Waals surface area contributed by atoms with Gasteiger partial charge in [-0.2, -0.15) is 27.6 Å². The Hall–Kier alpha value is -2.93. The third-order valence-electron chi connectivity index (χ3n) is 4.61. The zero-order valence-corrected chi connectivity index (χ0v) is 16.0. The monoisotopic (exact) mass is 414 g/mol. The average Bonchev–Trinajstić information content (AvgIpc) is 3.31. The van der Waals surface area contributed by atoms with Crippen LogP contribution in [0.15, 0.2) is 0 Å². The highest BCUT2D eigenvalue weighted by atomic mass is 19.3. The normalized spacial score (nSPS) is 19.8. The molecule has 1 unspecified atom stereocenters. The lowest BCUT2D eigenvalue weighted by molar-refractivity contribution is -0.172. The molecular weight excluding hydrogens is 396 g/mol. The summed E-state index contributed by atoms with van der Waals surface area (Å²) in [7, 11) is 0. The van der Waals surface area contributed by atoms with Crippen LogP contribution >= 0.6 is 0 Å². The van der Waals surface area contributed by atoms with Crippen molar-refractivity contribution in [2.75, 3.05) is 18.0 Å². The molecule has 4 heterocycles. The number of nitrogens with zero attached hydrogens (tertiary/aromatic N) is 9. The van der Waals surface area contributed by atoms with E-state index in [2.05, 4.69) is 40.8 Å². The molecule has 0 aliphatic carbocycles. The van der Waals surface area contributed by atoms with E-state index >= 15 is 0 Å². The summed E-state index contributed by atoms with van der Waals surface area (Å²) in [5.41, 5.74) is -0.424. The van der Waals surface area contributed by atoms with Crippen molar-refractivity contribution in [3.05, 3.63) is 11.6 Å². The molecule has 1 atom stereocenters. The molecule has 1 aliphatic heterocycles. The van der Waals surface area contributed by atoms with Gasteiger partial charge < -0.3 is 4.90 Å². The number of fused-ring (bicyclic) bond motifs is 1. The van der Waals surface area contributed by atoms with Crippen molar-refractivity contribution in [2.24, 2.45) is 0 Å². The summed E-state index contributed by atoms with van der Waals surface area (Å²) in [5, 5.41) is 22.1. The van der Waals surface area contributed by atoms with Crippen molar-refractivity contribution in [3.8, 4) is 0 Å². The lowest BCUT2D eigenvalue weighted by Crippen LogP contribution is -2.38. The smallest absolute Gasteiger partial charge is 0.329 e. The number of hydrogen-bond donors (Lipinski definition) is 1. The van der Waals surface area contributed by atoms with Crippen LogP contribution in [-0.2, 0) is 5.41 Å². The first-order valence-corrected chi connectivity index (χ1v) is 8.78. The molecule has 1 N–H and O–H groups in total. The summed E-state index contributed by atoms with van der Waals surface area (Å²) >= 11 is 0. The minimum Gasteiger partial charge on any atom is -0.342 e. The summed E-state index contributed by atoms with van der Waals surface area (Å²) in [4.78, 5) is 10.7. The Morgan fingerprint density at radius 3 is 2.24 bits per heavy atom. The number of anilines is 1. The fraction of sp³-hybridized carbons (Fsp3) is 0.667. The summed E-state index contributed by atoms with van der Waals surface area (Å²) in [5.74, 6) is -7.91. The second-order valence-electron chi connectivity index (χ2n) is 8.02. The molecule has 14 heteroatoms. The third kappa shape index (κ3) is 3.15. The molecule has 1 fully saturated rings. The van der Waals surface area contributed by atoms with Gasteiger partial charge in [-0.05, 0) is 6.92 Å². The zero-order valence-electron chi connectivity index (χ0n) is 16.0. The quantitative estimate of drug-likeness (QED) is 0.645. The van der Waals surface area contributed by atoms with Gasteiger partial charge in [-0.1, -0.05) is 26.0 Å². The van der Waals surface area contributed by atoms with Crippen molar-refractivity contribution < 1.29 is 17.6 Å². The van der Waals surface area contributed by atoms with E-state index in [0.29, 0.717) is 0 Å². The summed E-state index contributed by atoms with van der Waals surface area (Å²) in [6, 6.07) is -0.560. The maximum Gasteiger partial charge on any atom is 0.329 e. The number of nitrogens with one attached hydrogen (secondary N) is 1. The van der Waals surface area contributed by atoms with Crippen molar-refractivity contribution >= 4 is 17.0 Å². The van der Waals surface area contributed by atoms with Crippen LogP contribution in [0.4, 0.5) is 23.4 Å². The molecule has 1 aliphatic rings. The molecule has 3 aromatic heterocycles. The Balaban J connectivity index is 1.86. The molecule has 0 radical (unpaired) electrons. The molecule has 4 rings (SSSR count). The molecule has 0 amide bonds. The van der Waals surface area contributed by atoms with Crippen LogP contribution in [-0.4, -0.2) is 70.5 Å². The zero-order chi connectivity index (χ0) is 21.2. The molecule has 3 aromatic rings. The van der Waals surface area contributed by atoms with E-state index in [1.165, 1.54) is 4.80 Å².